The first-order valence-corrected chi connectivity index (χ1v) is 6.87. The van der Waals surface area contributed by atoms with Gasteiger partial charge in [0, 0.05) is 25.6 Å². The number of carbonyl (C=O) groups excluding carboxylic acids is 2. The first-order chi connectivity index (χ1) is 8.61. The van der Waals surface area contributed by atoms with E-state index in [1.54, 1.807) is 0 Å². The predicted molar refractivity (Wildman–Crippen MR) is 66.8 cm³/mol. The topological polar surface area (TPSA) is 69.6 Å². The molecule has 102 valence electrons. The van der Waals surface area contributed by atoms with Crippen molar-refractivity contribution in [3.8, 4) is 0 Å². The lowest BCUT2D eigenvalue weighted by atomic mass is 10.1. The molecule has 0 radical (unpaired) electrons. The van der Waals surface area contributed by atoms with Gasteiger partial charge >= 0.3 is 0 Å². The highest BCUT2D eigenvalue weighted by atomic mass is 16.3. The van der Waals surface area contributed by atoms with Crippen molar-refractivity contribution in [2.45, 2.75) is 51.2 Å². The standard InChI is InChI=1S/C13H22N2O3/c1-2-3-11(16)7-14-13(18)9-6-12(17)15(8-9)10-4-5-10/h9-11,16H,2-8H2,1H3,(H,14,18). The summed E-state index contributed by atoms with van der Waals surface area (Å²) in [6, 6.07) is 0.390. The van der Waals surface area contributed by atoms with E-state index in [4.69, 9.17) is 0 Å². The van der Waals surface area contributed by atoms with Crippen molar-refractivity contribution in [2.75, 3.05) is 13.1 Å². The van der Waals surface area contributed by atoms with Gasteiger partial charge in [-0.1, -0.05) is 13.3 Å². The zero-order chi connectivity index (χ0) is 13.1. The number of rotatable bonds is 6. The van der Waals surface area contributed by atoms with Crippen LogP contribution >= 0.6 is 0 Å². The molecule has 2 atom stereocenters. The number of carbonyl (C=O) groups is 2. The molecule has 5 heteroatoms. The van der Waals surface area contributed by atoms with Crippen LogP contribution in [0.5, 0.6) is 0 Å². The highest BCUT2D eigenvalue weighted by Crippen LogP contribution is 2.32. The fourth-order valence-electron chi connectivity index (χ4n) is 2.44. The van der Waals surface area contributed by atoms with E-state index >= 15 is 0 Å². The van der Waals surface area contributed by atoms with Crippen LogP contribution in [0.3, 0.4) is 0 Å². The van der Waals surface area contributed by atoms with E-state index in [2.05, 4.69) is 5.32 Å². The van der Waals surface area contributed by atoms with Crippen LogP contribution in [0.4, 0.5) is 0 Å². The Hall–Kier alpha value is -1.10. The molecule has 2 rings (SSSR count). The smallest absolute Gasteiger partial charge is 0.225 e. The number of aliphatic hydroxyl groups is 1. The summed E-state index contributed by atoms with van der Waals surface area (Å²) in [5.74, 6) is -0.222. The van der Waals surface area contributed by atoms with E-state index in [1.165, 1.54) is 0 Å². The van der Waals surface area contributed by atoms with Gasteiger partial charge in [-0.15, -0.1) is 0 Å². The third-order valence-corrected chi connectivity index (χ3v) is 3.65. The van der Waals surface area contributed by atoms with Gasteiger partial charge in [0.2, 0.25) is 11.8 Å². The SMILES string of the molecule is CCCC(O)CNC(=O)C1CC(=O)N(C2CC2)C1. The van der Waals surface area contributed by atoms with Crippen LogP contribution < -0.4 is 5.32 Å². The van der Waals surface area contributed by atoms with Gasteiger partial charge in [-0.3, -0.25) is 9.59 Å². The molecule has 0 spiro atoms. The number of nitrogens with one attached hydrogen (secondary N) is 1. The summed E-state index contributed by atoms with van der Waals surface area (Å²) in [5.41, 5.74) is 0. The van der Waals surface area contributed by atoms with Gasteiger partial charge in [-0.2, -0.15) is 0 Å². The number of hydrogen-bond donors (Lipinski definition) is 2. The summed E-state index contributed by atoms with van der Waals surface area (Å²) in [6.45, 7) is 2.84. The average molecular weight is 254 g/mol. The number of nitrogens with zero attached hydrogens (tertiary/aromatic N) is 1. The van der Waals surface area contributed by atoms with Crippen molar-refractivity contribution in [1.29, 1.82) is 0 Å². The van der Waals surface area contributed by atoms with Crippen molar-refractivity contribution in [3.05, 3.63) is 0 Å². The van der Waals surface area contributed by atoms with Gasteiger partial charge in [0.05, 0.1) is 12.0 Å². The maximum absolute atomic E-state index is 11.9. The second-order valence-electron chi connectivity index (χ2n) is 5.37. The third-order valence-electron chi connectivity index (χ3n) is 3.65. The Morgan fingerprint density at radius 2 is 2.28 bits per heavy atom. The second kappa shape index (κ2) is 5.69. The maximum atomic E-state index is 11.9. The second-order valence-corrected chi connectivity index (χ2v) is 5.37. The molecule has 1 aliphatic carbocycles. The minimum atomic E-state index is -0.476. The van der Waals surface area contributed by atoms with Crippen molar-refractivity contribution in [2.24, 2.45) is 5.92 Å². The zero-order valence-electron chi connectivity index (χ0n) is 10.9. The van der Waals surface area contributed by atoms with Crippen LogP contribution in [0.1, 0.15) is 39.0 Å². The van der Waals surface area contributed by atoms with E-state index in [0.29, 0.717) is 32.0 Å². The van der Waals surface area contributed by atoms with Crippen LogP contribution in [0, 0.1) is 5.92 Å². The van der Waals surface area contributed by atoms with E-state index in [-0.39, 0.29) is 17.7 Å². The first kappa shape index (κ1) is 13.3. The van der Waals surface area contributed by atoms with Crippen LogP contribution in [-0.4, -0.2) is 47.1 Å². The third kappa shape index (κ3) is 3.22. The van der Waals surface area contributed by atoms with Crippen LogP contribution in [0.25, 0.3) is 0 Å². The number of amides is 2. The molecule has 0 bridgehead atoms. The highest BCUT2D eigenvalue weighted by Gasteiger charge is 2.41. The largest absolute Gasteiger partial charge is 0.391 e. The summed E-state index contributed by atoms with van der Waals surface area (Å²) >= 11 is 0. The lowest BCUT2D eigenvalue weighted by Gasteiger charge is -2.16. The molecule has 2 fully saturated rings. The quantitative estimate of drug-likeness (QED) is 0.715. The maximum Gasteiger partial charge on any atom is 0.225 e. The Morgan fingerprint density at radius 3 is 2.89 bits per heavy atom. The number of likely N-dealkylation sites (tertiary alicyclic amines) is 1. The van der Waals surface area contributed by atoms with Crippen LogP contribution in [0.15, 0.2) is 0 Å². The number of hydrogen-bond acceptors (Lipinski definition) is 3. The Balaban J connectivity index is 1.74. The molecule has 1 heterocycles. The van der Waals surface area contributed by atoms with Gasteiger partial charge in [0.25, 0.3) is 0 Å². The zero-order valence-corrected chi connectivity index (χ0v) is 10.9. The first-order valence-electron chi connectivity index (χ1n) is 6.87. The lowest BCUT2D eigenvalue weighted by molar-refractivity contribution is -0.129. The minimum absolute atomic E-state index is 0.0957. The Kier molecular flexibility index (Phi) is 4.22. The summed E-state index contributed by atoms with van der Waals surface area (Å²) in [6.07, 6.45) is 3.60. The molecular formula is C13H22N2O3. The fourth-order valence-corrected chi connectivity index (χ4v) is 2.44. The van der Waals surface area contributed by atoms with Crippen molar-refractivity contribution >= 4 is 11.8 Å². The van der Waals surface area contributed by atoms with E-state index in [1.807, 2.05) is 11.8 Å². The average Bonchev–Trinajstić information content (AvgIpc) is 3.10. The van der Waals surface area contributed by atoms with E-state index in [0.717, 1.165) is 19.3 Å². The molecule has 1 aliphatic heterocycles. The Labute approximate surface area is 108 Å². The molecule has 1 saturated carbocycles. The molecule has 5 nitrogen and oxygen atoms in total. The monoisotopic (exact) mass is 254 g/mol. The summed E-state index contributed by atoms with van der Waals surface area (Å²) < 4.78 is 0. The molecule has 0 aromatic carbocycles. The molecule has 0 aromatic heterocycles. The lowest BCUT2D eigenvalue weighted by Crippen LogP contribution is -2.37. The van der Waals surface area contributed by atoms with E-state index in [9.17, 15) is 14.7 Å². The van der Waals surface area contributed by atoms with Gasteiger partial charge in [0.1, 0.15) is 0 Å². The highest BCUT2D eigenvalue weighted by molar-refractivity contribution is 5.89. The van der Waals surface area contributed by atoms with Crippen LogP contribution in [-0.2, 0) is 9.59 Å². The predicted octanol–water partition coefficient (Wildman–Crippen LogP) is 0.274. The van der Waals surface area contributed by atoms with Gasteiger partial charge in [-0.25, -0.2) is 0 Å². The Bertz CT molecular complexity index is 328. The van der Waals surface area contributed by atoms with Gasteiger partial charge in [0.15, 0.2) is 0 Å². The fraction of sp³-hybridized carbons (Fsp3) is 0.846. The summed E-state index contributed by atoms with van der Waals surface area (Å²) in [4.78, 5) is 25.4. The molecular weight excluding hydrogens is 232 g/mol. The Morgan fingerprint density at radius 1 is 1.56 bits per heavy atom. The van der Waals surface area contributed by atoms with E-state index < -0.39 is 6.10 Å². The minimum Gasteiger partial charge on any atom is -0.391 e. The van der Waals surface area contributed by atoms with Crippen molar-refractivity contribution in [3.63, 3.8) is 0 Å². The molecule has 2 aliphatic rings. The summed E-state index contributed by atoms with van der Waals surface area (Å²) in [7, 11) is 0. The molecule has 18 heavy (non-hydrogen) atoms. The van der Waals surface area contributed by atoms with Gasteiger partial charge in [-0.05, 0) is 19.3 Å². The van der Waals surface area contributed by atoms with Gasteiger partial charge < -0.3 is 15.3 Å². The molecule has 2 unspecified atom stereocenters. The van der Waals surface area contributed by atoms with Crippen molar-refractivity contribution in [1.82, 2.24) is 10.2 Å². The summed E-state index contributed by atoms with van der Waals surface area (Å²) in [5, 5.41) is 12.3. The van der Waals surface area contributed by atoms with Crippen LogP contribution in [0.2, 0.25) is 0 Å². The molecule has 0 aromatic rings. The molecule has 2 amide bonds. The molecule has 2 N–H and O–H groups in total. The molecule has 1 saturated heterocycles. The van der Waals surface area contributed by atoms with Crippen molar-refractivity contribution < 1.29 is 14.7 Å². The number of aliphatic hydroxyl groups excluding tert-OH is 1. The normalized spacial score (nSPS) is 25.3.